The highest BCUT2D eigenvalue weighted by Gasteiger charge is 2.30. The molecule has 1 N–H and O–H groups in total. The molecule has 0 bridgehead atoms. The van der Waals surface area contributed by atoms with Crippen molar-refractivity contribution >= 4 is 5.82 Å². The Hall–Kier alpha value is -1.63. The fourth-order valence-corrected chi connectivity index (χ4v) is 2.59. The minimum atomic E-state index is 0.406. The molecule has 0 aliphatic heterocycles. The van der Waals surface area contributed by atoms with Crippen LogP contribution in [0.1, 0.15) is 43.5 Å². The van der Waals surface area contributed by atoms with Crippen LogP contribution in [0.3, 0.4) is 0 Å². The molecule has 0 spiro atoms. The van der Waals surface area contributed by atoms with E-state index in [2.05, 4.69) is 35.4 Å². The van der Waals surface area contributed by atoms with Gasteiger partial charge in [0, 0.05) is 6.04 Å². The summed E-state index contributed by atoms with van der Waals surface area (Å²) < 4.78 is 0. The van der Waals surface area contributed by atoms with Crippen molar-refractivity contribution in [1.82, 2.24) is 10.2 Å². The van der Waals surface area contributed by atoms with Gasteiger partial charge in [-0.3, -0.25) is 0 Å². The highest BCUT2D eigenvalue weighted by atomic mass is 15.2. The normalized spacial score (nSPS) is 26.9. The van der Waals surface area contributed by atoms with Gasteiger partial charge in [-0.2, -0.15) is 10.4 Å². The maximum absolute atomic E-state index is 9.26. The Morgan fingerprint density at radius 1 is 1.22 bits per heavy atom. The van der Waals surface area contributed by atoms with Gasteiger partial charge < -0.3 is 5.32 Å². The molecule has 3 unspecified atom stereocenters. The summed E-state index contributed by atoms with van der Waals surface area (Å²) in [6.07, 6.45) is 2.38. The molecular weight excluding hydrogens is 224 g/mol. The Labute approximate surface area is 108 Å². The molecule has 1 saturated carbocycles. The fourth-order valence-electron chi connectivity index (χ4n) is 2.59. The second-order valence-electron chi connectivity index (χ2n) is 5.41. The average molecular weight is 244 g/mol. The number of anilines is 1. The SMILES string of the molecule is Cc1nnc(NC2CCC(C)C2C)c(C#N)c1C. The van der Waals surface area contributed by atoms with Gasteiger partial charge in [0.2, 0.25) is 0 Å². The number of nitrogens with zero attached hydrogens (tertiary/aromatic N) is 3. The molecule has 0 aromatic carbocycles. The van der Waals surface area contributed by atoms with E-state index in [1.165, 1.54) is 6.42 Å². The van der Waals surface area contributed by atoms with E-state index in [0.29, 0.717) is 23.3 Å². The number of aryl methyl sites for hydroxylation is 1. The van der Waals surface area contributed by atoms with Crippen LogP contribution in [-0.4, -0.2) is 16.2 Å². The molecule has 3 atom stereocenters. The monoisotopic (exact) mass is 244 g/mol. The first-order valence-electron chi connectivity index (χ1n) is 6.55. The van der Waals surface area contributed by atoms with E-state index in [0.717, 1.165) is 23.6 Å². The Bertz CT molecular complexity index is 489. The molecule has 4 nitrogen and oxygen atoms in total. The molecule has 0 radical (unpaired) electrons. The van der Waals surface area contributed by atoms with Gasteiger partial charge in [0.05, 0.1) is 5.69 Å². The van der Waals surface area contributed by atoms with Crippen molar-refractivity contribution in [3.63, 3.8) is 0 Å². The summed E-state index contributed by atoms with van der Waals surface area (Å²) >= 11 is 0. The highest BCUT2D eigenvalue weighted by molar-refractivity contribution is 5.56. The van der Waals surface area contributed by atoms with Gasteiger partial charge >= 0.3 is 0 Å². The van der Waals surface area contributed by atoms with Crippen molar-refractivity contribution in [2.75, 3.05) is 5.32 Å². The van der Waals surface area contributed by atoms with E-state index in [1.807, 2.05) is 13.8 Å². The van der Waals surface area contributed by atoms with Crippen molar-refractivity contribution in [2.24, 2.45) is 11.8 Å². The summed E-state index contributed by atoms with van der Waals surface area (Å²) in [5.74, 6) is 1.99. The number of nitriles is 1. The Kier molecular flexibility index (Phi) is 3.51. The number of nitrogens with one attached hydrogen (secondary N) is 1. The molecule has 4 heteroatoms. The number of aromatic nitrogens is 2. The zero-order chi connectivity index (χ0) is 13.3. The smallest absolute Gasteiger partial charge is 0.167 e. The van der Waals surface area contributed by atoms with Crippen molar-refractivity contribution < 1.29 is 0 Å². The fraction of sp³-hybridized carbons (Fsp3) is 0.643. The molecule has 0 amide bonds. The van der Waals surface area contributed by atoms with Crippen LogP contribution in [0.2, 0.25) is 0 Å². The molecule has 1 aliphatic rings. The van der Waals surface area contributed by atoms with Crippen LogP contribution in [0.15, 0.2) is 0 Å². The molecule has 1 aliphatic carbocycles. The van der Waals surface area contributed by atoms with E-state index < -0.39 is 0 Å². The summed E-state index contributed by atoms with van der Waals surface area (Å²) in [7, 11) is 0. The Morgan fingerprint density at radius 3 is 2.50 bits per heavy atom. The van der Waals surface area contributed by atoms with E-state index in [-0.39, 0.29) is 0 Å². The molecule has 1 aromatic heterocycles. The minimum absolute atomic E-state index is 0.406. The quantitative estimate of drug-likeness (QED) is 0.869. The zero-order valence-electron chi connectivity index (χ0n) is 11.5. The molecule has 1 fully saturated rings. The molecule has 18 heavy (non-hydrogen) atoms. The summed E-state index contributed by atoms with van der Waals surface area (Å²) in [5.41, 5.74) is 2.38. The lowest BCUT2D eigenvalue weighted by Gasteiger charge is -2.21. The van der Waals surface area contributed by atoms with Gasteiger partial charge in [0.25, 0.3) is 0 Å². The predicted molar refractivity (Wildman–Crippen MR) is 71.2 cm³/mol. The van der Waals surface area contributed by atoms with Crippen LogP contribution >= 0.6 is 0 Å². The third kappa shape index (κ3) is 2.17. The molecular formula is C14H20N4. The molecule has 1 heterocycles. The second-order valence-corrected chi connectivity index (χ2v) is 5.41. The van der Waals surface area contributed by atoms with Crippen LogP contribution in [0, 0.1) is 37.0 Å². The largest absolute Gasteiger partial charge is 0.364 e. The van der Waals surface area contributed by atoms with Gasteiger partial charge in [-0.25, -0.2) is 0 Å². The van der Waals surface area contributed by atoms with Crippen LogP contribution < -0.4 is 5.32 Å². The minimum Gasteiger partial charge on any atom is -0.364 e. The van der Waals surface area contributed by atoms with Crippen LogP contribution in [0.25, 0.3) is 0 Å². The summed E-state index contributed by atoms with van der Waals surface area (Å²) in [6, 6.07) is 2.65. The van der Waals surface area contributed by atoms with Crippen LogP contribution in [0.5, 0.6) is 0 Å². The number of hydrogen-bond donors (Lipinski definition) is 1. The maximum Gasteiger partial charge on any atom is 0.167 e. The van der Waals surface area contributed by atoms with Crippen LogP contribution in [-0.2, 0) is 0 Å². The lowest BCUT2D eigenvalue weighted by Crippen LogP contribution is -2.25. The zero-order valence-corrected chi connectivity index (χ0v) is 11.5. The number of rotatable bonds is 2. The van der Waals surface area contributed by atoms with Crippen molar-refractivity contribution in [2.45, 2.75) is 46.6 Å². The molecule has 96 valence electrons. The van der Waals surface area contributed by atoms with E-state index in [9.17, 15) is 5.26 Å². The van der Waals surface area contributed by atoms with E-state index in [1.54, 1.807) is 0 Å². The van der Waals surface area contributed by atoms with Crippen molar-refractivity contribution in [3.8, 4) is 6.07 Å². The van der Waals surface area contributed by atoms with Gasteiger partial charge in [0.1, 0.15) is 11.6 Å². The average Bonchev–Trinajstić information content (AvgIpc) is 2.66. The van der Waals surface area contributed by atoms with Crippen molar-refractivity contribution in [1.29, 1.82) is 5.26 Å². The molecule has 1 aromatic rings. The second kappa shape index (κ2) is 4.93. The maximum atomic E-state index is 9.26. The first-order chi connectivity index (χ1) is 8.54. The van der Waals surface area contributed by atoms with E-state index in [4.69, 9.17) is 0 Å². The standard InChI is InChI=1S/C14H20N4/c1-8-5-6-13(9(8)2)16-14-12(7-15)10(3)11(4)17-18-14/h8-9,13H,5-6H2,1-4H3,(H,16,18). The van der Waals surface area contributed by atoms with Crippen LogP contribution in [0.4, 0.5) is 5.82 Å². The summed E-state index contributed by atoms with van der Waals surface area (Å²) in [4.78, 5) is 0. The van der Waals surface area contributed by atoms with Gasteiger partial charge in [-0.05, 0) is 44.1 Å². The van der Waals surface area contributed by atoms with E-state index >= 15 is 0 Å². The highest BCUT2D eigenvalue weighted by Crippen LogP contribution is 2.33. The third-order valence-corrected chi connectivity index (χ3v) is 4.35. The first kappa shape index (κ1) is 12.8. The summed E-state index contributed by atoms with van der Waals surface area (Å²) in [5, 5.41) is 20.9. The lowest BCUT2D eigenvalue weighted by atomic mass is 9.97. The van der Waals surface area contributed by atoms with Gasteiger partial charge in [-0.15, -0.1) is 5.10 Å². The lowest BCUT2D eigenvalue weighted by molar-refractivity contribution is 0.435. The third-order valence-electron chi connectivity index (χ3n) is 4.35. The summed E-state index contributed by atoms with van der Waals surface area (Å²) in [6.45, 7) is 8.35. The van der Waals surface area contributed by atoms with Gasteiger partial charge in [-0.1, -0.05) is 13.8 Å². The topological polar surface area (TPSA) is 61.6 Å². The first-order valence-corrected chi connectivity index (χ1v) is 6.55. The Balaban J connectivity index is 2.25. The molecule has 0 saturated heterocycles. The number of hydrogen-bond acceptors (Lipinski definition) is 4. The van der Waals surface area contributed by atoms with Crippen molar-refractivity contribution in [3.05, 3.63) is 16.8 Å². The Morgan fingerprint density at radius 2 is 1.94 bits per heavy atom. The molecule has 2 rings (SSSR count). The van der Waals surface area contributed by atoms with Gasteiger partial charge in [0.15, 0.2) is 5.82 Å². The predicted octanol–water partition coefficient (Wildman–Crippen LogP) is 2.81.